The highest BCUT2D eigenvalue weighted by Gasteiger charge is 2.57. The maximum atomic E-state index is 12.5. The van der Waals surface area contributed by atoms with Crippen LogP contribution in [-0.4, -0.2) is 30.5 Å². The molecule has 0 radical (unpaired) electrons. The van der Waals surface area contributed by atoms with E-state index in [2.05, 4.69) is 0 Å². The summed E-state index contributed by atoms with van der Waals surface area (Å²) in [6.45, 7) is -1.80. The van der Waals surface area contributed by atoms with E-state index in [0.29, 0.717) is 0 Å². The Morgan fingerprint density at radius 3 is 1.90 bits per heavy atom. The van der Waals surface area contributed by atoms with Crippen molar-refractivity contribution in [1.82, 2.24) is 10.9 Å². The van der Waals surface area contributed by atoms with Crippen molar-refractivity contribution < 1.29 is 31.5 Å². The van der Waals surface area contributed by atoms with E-state index in [1.54, 1.807) is 5.43 Å². The van der Waals surface area contributed by atoms with E-state index in [1.807, 2.05) is 0 Å². The summed E-state index contributed by atoms with van der Waals surface area (Å²) in [5, 5.41) is 0. The first-order valence-corrected chi connectivity index (χ1v) is 5.42. The number of carbonyl (C=O) groups is 2. The fraction of sp³-hybridized carbons (Fsp3) is 0.273. The van der Waals surface area contributed by atoms with Gasteiger partial charge in [-0.1, -0.05) is 0 Å². The van der Waals surface area contributed by atoms with Crippen molar-refractivity contribution in [3.8, 4) is 0 Å². The Morgan fingerprint density at radius 2 is 1.48 bits per heavy atom. The summed E-state index contributed by atoms with van der Waals surface area (Å²) in [6.07, 6.45) is -5.71. The highest BCUT2D eigenvalue weighted by atomic mass is 19.4. The van der Waals surface area contributed by atoms with Gasteiger partial charge in [-0.15, -0.1) is 0 Å². The van der Waals surface area contributed by atoms with Gasteiger partial charge in [0.1, 0.15) is 0 Å². The number of hydrogen-bond acceptors (Lipinski definition) is 3. The lowest BCUT2D eigenvalue weighted by atomic mass is 10.1. The van der Waals surface area contributed by atoms with Crippen molar-refractivity contribution in [1.29, 1.82) is 0 Å². The number of benzene rings is 1. The van der Waals surface area contributed by atoms with Crippen LogP contribution in [0.1, 0.15) is 20.7 Å². The number of alkyl halides is 5. The number of amides is 2. The number of nitrogens with two attached hydrogens (primary N) is 1. The third kappa shape index (κ3) is 4.38. The largest absolute Gasteiger partial charge is 0.454 e. The summed E-state index contributed by atoms with van der Waals surface area (Å²) in [7, 11) is 0. The van der Waals surface area contributed by atoms with Crippen molar-refractivity contribution >= 4 is 11.8 Å². The van der Waals surface area contributed by atoms with Crippen molar-refractivity contribution in [3.63, 3.8) is 0 Å². The van der Waals surface area contributed by atoms with Crippen LogP contribution in [0.4, 0.5) is 22.0 Å². The Morgan fingerprint density at radius 1 is 1.00 bits per heavy atom. The van der Waals surface area contributed by atoms with Gasteiger partial charge in [0.25, 0.3) is 5.91 Å². The second-order valence-corrected chi connectivity index (χ2v) is 3.95. The molecule has 2 amide bonds. The van der Waals surface area contributed by atoms with E-state index in [1.165, 1.54) is 29.7 Å². The van der Waals surface area contributed by atoms with Crippen LogP contribution in [0.2, 0.25) is 0 Å². The molecule has 1 rings (SSSR count). The molecule has 0 heterocycles. The number of rotatable bonds is 5. The molecule has 4 N–H and O–H groups in total. The quantitative estimate of drug-likeness (QED) is 0.564. The Balaban J connectivity index is 2.57. The Bertz CT molecular complexity index is 528. The van der Waals surface area contributed by atoms with Crippen molar-refractivity contribution in [2.75, 3.05) is 6.54 Å². The first-order chi connectivity index (χ1) is 9.54. The SMILES string of the molecule is NC(=O)c1ccc(C(=O)NNCC(F)(F)C(F)(F)F)cc1. The Labute approximate surface area is 115 Å². The Hall–Kier alpha value is -2.23. The van der Waals surface area contributed by atoms with Crippen molar-refractivity contribution in [2.45, 2.75) is 12.1 Å². The molecule has 0 aromatic heterocycles. The predicted molar refractivity (Wildman–Crippen MR) is 61.4 cm³/mol. The van der Waals surface area contributed by atoms with Gasteiger partial charge in [0.05, 0.1) is 6.54 Å². The molecule has 0 saturated heterocycles. The highest BCUT2D eigenvalue weighted by Crippen LogP contribution is 2.34. The van der Waals surface area contributed by atoms with Crippen LogP contribution < -0.4 is 16.6 Å². The maximum Gasteiger partial charge on any atom is 0.454 e. The van der Waals surface area contributed by atoms with Gasteiger partial charge in [0.2, 0.25) is 5.91 Å². The van der Waals surface area contributed by atoms with E-state index in [9.17, 15) is 31.5 Å². The zero-order chi connectivity index (χ0) is 16.3. The summed E-state index contributed by atoms with van der Waals surface area (Å²) >= 11 is 0. The summed E-state index contributed by atoms with van der Waals surface area (Å²) in [5.74, 6) is -6.65. The number of hydrogen-bond donors (Lipinski definition) is 3. The van der Waals surface area contributed by atoms with Crippen LogP contribution in [-0.2, 0) is 0 Å². The number of carbonyl (C=O) groups excluding carboxylic acids is 2. The van der Waals surface area contributed by atoms with Crippen LogP contribution in [0.15, 0.2) is 24.3 Å². The summed E-state index contributed by atoms with van der Waals surface area (Å²) in [4.78, 5) is 22.2. The smallest absolute Gasteiger partial charge is 0.366 e. The monoisotopic (exact) mass is 311 g/mol. The van der Waals surface area contributed by atoms with Gasteiger partial charge in [-0.3, -0.25) is 15.0 Å². The lowest BCUT2D eigenvalue weighted by Gasteiger charge is -2.20. The van der Waals surface area contributed by atoms with Gasteiger partial charge in [-0.05, 0) is 24.3 Å². The molecular weight excluding hydrogens is 301 g/mol. The van der Waals surface area contributed by atoms with E-state index >= 15 is 0 Å². The first kappa shape index (κ1) is 16.8. The average Bonchev–Trinajstić information content (AvgIpc) is 2.37. The molecule has 0 aliphatic carbocycles. The fourth-order valence-electron chi connectivity index (χ4n) is 1.19. The van der Waals surface area contributed by atoms with Crippen molar-refractivity contribution in [2.24, 2.45) is 5.73 Å². The molecule has 0 aliphatic heterocycles. The number of halogens is 5. The highest BCUT2D eigenvalue weighted by molar-refractivity contribution is 5.96. The van der Waals surface area contributed by atoms with Gasteiger partial charge in [-0.2, -0.15) is 22.0 Å². The molecule has 0 saturated carbocycles. The van der Waals surface area contributed by atoms with E-state index in [-0.39, 0.29) is 11.1 Å². The molecule has 1 aromatic rings. The third-order valence-corrected chi connectivity index (χ3v) is 2.36. The van der Waals surface area contributed by atoms with Crippen LogP contribution in [0.3, 0.4) is 0 Å². The molecule has 0 atom stereocenters. The standard InChI is InChI=1S/C11H10F5N3O2/c12-10(13,11(14,15)16)5-18-19-9(21)7-3-1-6(2-4-7)8(17)20/h1-4,18H,5H2,(H2,17,20)(H,19,21). The number of nitrogens with one attached hydrogen (secondary N) is 2. The van der Waals surface area contributed by atoms with Crippen molar-refractivity contribution in [3.05, 3.63) is 35.4 Å². The first-order valence-electron chi connectivity index (χ1n) is 5.42. The van der Waals surface area contributed by atoms with Gasteiger partial charge < -0.3 is 5.73 Å². The molecule has 0 aliphatic rings. The van der Waals surface area contributed by atoms with Crippen LogP contribution in [0.25, 0.3) is 0 Å². The van der Waals surface area contributed by atoms with Crippen LogP contribution in [0, 0.1) is 0 Å². The normalized spacial score (nSPS) is 12.0. The zero-order valence-corrected chi connectivity index (χ0v) is 10.3. The molecule has 1 aromatic carbocycles. The van der Waals surface area contributed by atoms with E-state index in [0.717, 1.165) is 0 Å². The van der Waals surface area contributed by atoms with Crippen LogP contribution >= 0.6 is 0 Å². The predicted octanol–water partition coefficient (Wildman–Crippen LogP) is 1.22. The van der Waals surface area contributed by atoms with E-state index < -0.39 is 30.5 Å². The van der Waals surface area contributed by atoms with Gasteiger partial charge in [0.15, 0.2) is 0 Å². The van der Waals surface area contributed by atoms with Crippen LogP contribution in [0.5, 0.6) is 0 Å². The minimum absolute atomic E-state index is 0.0529. The molecule has 0 fully saturated rings. The average molecular weight is 311 g/mol. The second kappa shape index (κ2) is 6.04. The molecular formula is C11H10F5N3O2. The molecule has 5 nitrogen and oxygen atoms in total. The number of primary amides is 1. The molecule has 116 valence electrons. The maximum absolute atomic E-state index is 12.5. The van der Waals surface area contributed by atoms with Gasteiger partial charge >= 0.3 is 12.1 Å². The minimum atomic E-state index is -5.71. The molecule has 21 heavy (non-hydrogen) atoms. The number of hydrazine groups is 1. The molecule has 10 heteroatoms. The summed E-state index contributed by atoms with van der Waals surface area (Å²) in [5.41, 5.74) is 8.23. The topological polar surface area (TPSA) is 84.2 Å². The van der Waals surface area contributed by atoms with Gasteiger partial charge in [0, 0.05) is 11.1 Å². The molecule has 0 unspecified atom stereocenters. The molecule has 0 bridgehead atoms. The lowest BCUT2D eigenvalue weighted by Crippen LogP contribution is -2.50. The van der Waals surface area contributed by atoms with Gasteiger partial charge in [-0.25, -0.2) is 5.43 Å². The Kier molecular flexibility index (Phi) is 4.84. The second-order valence-electron chi connectivity index (χ2n) is 3.95. The zero-order valence-electron chi connectivity index (χ0n) is 10.3. The fourth-order valence-corrected chi connectivity index (χ4v) is 1.19. The summed E-state index contributed by atoms with van der Waals surface area (Å²) < 4.78 is 60.6. The lowest BCUT2D eigenvalue weighted by molar-refractivity contribution is -0.279. The molecule has 0 spiro atoms. The third-order valence-electron chi connectivity index (χ3n) is 2.36. The van der Waals surface area contributed by atoms with E-state index in [4.69, 9.17) is 5.73 Å². The minimum Gasteiger partial charge on any atom is -0.366 e. The summed E-state index contributed by atoms with van der Waals surface area (Å²) in [6, 6.07) is 4.75.